The Hall–Kier alpha value is -3.42. The van der Waals surface area contributed by atoms with E-state index >= 15 is 0 Å². The zero-order chi connectivity index (χ0) is 20.0. The molecule has 0 aliphatic carbocycles. The number of benzene rings is 2. The Kier molecular flexibility index (Phi) is 5.88. The van der Waals surface area contributed by atoms with Crippen LogP contribution >= 0.6 is 0 Å². The first-order valence-electron chi connectivity index (χ1n) is 8.37. The largest absolute Gasteiger partial charge is 0.573 e. The molecule has 0 spiro atoms. The summed E-state index contributed by atoms with van der Waals surface area (Å²) in [6, 6.07) is 17.4. The minimum atomic E-state index is -4.76. The van der Waals surface area contributed by atoms with Gasteiger partial charge in [0.05, 0.1) is 12.8 Å². The summed E-state index contributed by atoms with van der Waals surface area (Å²) < 4.78 is 45.9. The number of amides is 2. The highest BCUT2D eigenvalue weighted by Crippen LogP contribution is 2.24. The van der Waals surface area contributed by atoms with Crippen LogP contribution in [0.1, 0.15) is 11.3 Å². The predicted octanol–water partition coefficient (Wildman–Crippen LogP) is 5.41. The first-order valence-corrected chi connectivity index (χ1v) is 8.37. The maximum Gasteiger partial charge on any atom is 0.573 e. The van der Waals surface area contributed by atoms with Crippen LogP contribution in [-0.4, -0.2) is 17.3 Å². The minimum absolute atomic E-state index is 0.239. The van der Waals surface area contributed by atoms with Crippen LogP contribution < -0.4 is 10.1 Å². The molecule has 0 bridgehead atoms. The van der Waals surface area contributed by atoms with Gasteiger partial charge in [0.25, 0.3) is 0 Å². The van der Waals surface area contributed by atoms with E-state index in [4.69, 9.17) is 4.42 Å². The smallest absolute Gasteiger partial charge is 0.467 e. The first-order chi connectivity index (χ1) is 13.4. The van der Waals surface area contributed by atoms with Gasteiger partial charge in [-0.25, -0.2) is 4.79 Å². The number of nitrogens with zero attached hydrogens (tertiary/aromatic N) is 1. The summed E-state index contributed by atoms with van der Waals surface area (Å²) in [5, 5.41) is 2.67. The summed E-state index contributed by atoms with van der Waals surface area (Å²) in [7, 11) is 0. The lowest BCUT2D eigenvalue weighted by Crippen LogP contribution is -2.33. The van der Waals surface area contributed by atoms with Gasteiger partial charge in [0.15, 0.2) is 0 Å². The zero-order valence-electron chi connectivity index (χ0n) is 14.6. The van der Waals surface area contributed by atoms with Crippen molar-refractivity contribution >= 4 is 11.7 Å². The van der Waals surface area contributed by atoms with Crippen LogP contribution in [0.2, 0.25) is 0 Å². The molecule has 0 saturated carbocycles. The fraction of sp³-hybridized carbons (Fsp3) is 0.150. The normalized spacial score (nSPS) is 11.1. The number of halogens is 3. The topological polar surface area (TPSA) is 54.7 Å². The fourth-order valence-electron chi connectivity index (χ4n) is 2.54. The quantitative estimate of drug-likeness (QED) is 0.612. The molecule has 0 fully saturated rings. The van der Waals surface area contributed by atoms with Crippen LogP contribution in [0, 0.1) is 0 Å². The molecule has 0 atom stereocenters. The Morgan fingerprint density at radius 2 is 1.68 bits per heavy atom. The number of ether oxygens (including phenoxy) is 1. The number of hydrogen-bond acceptors (Lipinski definition) is 3. The minimum Gasteiger partial charge on any atom is -0.467 e. The summed E-state index contributed by atoms with van der Waals surface area (Å²) in [5.41, 5.74) is 1.27. The molecule has 8 heteroatoms. The number of hydrogen-bond donors (Lipinski definition) is 1. The van der Waals surface area contributed by atoms with Gasteiger partial charge >= 0.3 is 12.4 Å². The van der Waals surface area contributed by atoms with Gasteiger partial charge in [0.1, 0.15) is 11.5 Å². The van der Waals surface area contributed by atoms with E-state index in [2.05, 4.69) is 10.1 Å². The molecule has 0 aliphatic heterocycles. The average molecular weight is 390 g/mol. The number of nitrogens with one attached hydrogen (secondary N) is 1. The van der Waals surface area contributed by atoms with Gasteiger partial charge in [0, 0.05) is 12.2 Å². The zero-order valence-corrected chi connectivity index (χ0v) is 14.6. The molecule has 3 aromatic rings. The number of carbonyl (C=O) groups excluding carboxylic acids is 1. The highest BCUT2D eigenvalue weighted by Gasteiger charge is 2.31. The van der Waals surface area contributed by atoms with E-state index in [9.17, 15) is 18.0 Å². The number of alkyl halides is 3. The van der Waals surface area contributed by atoms with Gasteiger partial charge in [-0.3, -0.25) is 0 Å². The molecule has 28 heavy (non-hydrogen) atoms. The van der Waals surface area contributed by atoms with Crippen LogP contribution in [0.5, 0.6) is 5.75 Å². The number of urea groups is 1. The third-order valence-corrected chi connectivity index (χ3v) is 3.77. The van der Waals surface area contributed by atoms with E-state index in [1.807, 2.05) is 30.3 Å². The maximum absolute atomic E-state index is 12.7. The Morgan fingerprint density at radius 3 is 2.29 bits per heavy atom. The second-order valence-electron chi connectivity index (χ2n) is 5.92. The second kappa shape index (κ2) is 8.51. The molecule has 146 valence electrons. The molecule has 0 saturated heterocycles. The van der Waals surface area contributed by atoms with Crippen molar-refractivity contribution < 1.29 is 27.1 Å². The third-order valence-electron chi connectivity index (χ3n) is 3.77. The predicted molar refractivity (Wildman–Crippen MR) is 96.5 cm³/mol. The maximum atomic E-state index is 12.7. The van der Waals surface area contributed by atoms with E-state index in [0.717, 1.165) is 17.7 Å². The summed E-state index contributed by atoms with van der Waals surface area (Å²) >= 11 is 0. The molecule has 1 heterocycles. The summed E-state index contributed by atoms with van der Waals surface area (Å²) in [6.45, 7) is 0.575. The summed E-state index contributed by atoms with van der Waals surface area (Å²) in [4.78, 5) is 14.3. The molecule has 5 nitrogen and oxygen atoms in total. The number of anilines is 1. The van der Waals surface area contributed by atoms with Crippen LogP contribution in [-0.2, 0) is 13.1 Å². The summed E-state index contributed by atoms with van der Waals surface area (Å²) in [6.07, 6.45) is -3.24. The highest BCUT2D eigenvalue weighted by molar-refractivity contribution is 5.89. The van der Waals surface area contributed by atoms with E-state index in [-0.39, 0.29) is 12.3 Å². The van der Waals surface area contributed by atoms with Crippen molar-refractivity contribution in [3.8, 4) is 5.75 Å². The standard InChI is InChI=1S/C20H17F3N2O3/c21-20(22,23)28-17-10-8-16(9-11-17)24-19(26)25(14-18-7-4-12-27-18)13-15-5-2-1-3-6-15/h1-12H,13-14H2,(H,24,26). The number of furan rings is 1. The summed E-state index contributed by atoms with van der Waals surface area (Å²) in [5.74, 6) is 0.252. The van der Waals surface area contributed by atoms with Crippen molar-refractivity contribution in [3.63, 3.8) is 0 Å². The highest BCUT2D eigenvalue weighted by atomic mass is 19.4. The molecular weight excluding hydrogens is 373 g/mol. The van der Waals surface area contributed by atoms with E-state index < -0.39 is 12.4 Å². The lowest BCUT2D eigenvalue weighted by Gasteiger charge is -2.22. The molecule has 1 N–H and O–H groups in total. The second-order valence-corrected chi connectivity index (χ2v) is 5.92. The van der Waals surface area contributed by atoms with Crippen LogP contribution in [0.3, 0.4) is 0 Å². The third kappa shape index (κ3) is 5.80. The Morgan fingerprint density at radius 1 is 0.964 bits per heavy atom. The molecule has 1 aromatic heterocycles. The number of carbonyl (C=O) groups is 1. The molecule has 0 aliphatic rings. The first kappa shape index (κ1) is 19.3. The Balaban J connectivity index is 1.69. The van der Waals surface area contributed by atoms with Crippen molar-refractivity contribution in [3.05, 3.63) is 84.3 Å². The molecule has 3 rings (SSSR count). The van der Waals surface area contributed by atoms with Gasteiger partial charge < -0.3 is 19.4 Å². The lowest BCUT2D eigenvalue weighted by atomic mass is 10.2. The monoisotopic (exact) mass is 390 g/mol. The average Bonchev–Trinajstić information content (AvgIpc) is 3.15. The SMILES string of the molecule is O=C(Nc1ccc(OC(F)(F)F)cc1)N(Cc1ccccc1)Cc1ccco1. The van der Waals surface area contributed by atoms with Crippen molar-refractivity contribution in [1.29, 1.82) is 0 Å². The lowest BCUT2D eigenvalue weighted by molar-refractivity contribution is -0.274. The van der Waals surface area contributed by atoms with Gasteiger partial charge in [-0.15, -0.1) is 13.2 Å². The van der Waals surface area contributed by atoms with Crippen LogP contribution in [0.4, 0.5) is 23.7 Å². The van der Waals surface area contributed by atoms with E-state index in [1.165, 1.54) is 23.3 Å². The Labute approximate surface area is 159 Å². The van der Waals surface area contributed by atoms with Gasteiger partial charge in [0.2, 0.25) is 0 Å². The van der Waals surface area contributed by atoms with Crippen molar-refractivity contribution in [2.24, 2.45) is 0 Å². The van der Waals surface area contributed by atoms with Gasteiger partial charge in [-0.1, -0.05) is 30.3 Å². The van der Waals surface area contributed by atoms with Gasteiger partial charge in [-0.05, 0) is 42.0 Å². The van der Waals surface area contributed by atoms with Crippen LogP contribution in [0.25, 0.3) is 0 Å². The molecule has 0 radical (unpaired) electrons. The molecule has 2 aromatic carbocycles. The number of rotatable bonds is 6. The van der Waals surface area contributed by atoms with E-state index in [0.29, 0.717) is 18.0 Å². The van der Waals surface area contributed by atoms with Crippen molar-refractivity contribution in [1.82, 2.24) is 4.90 Å². The molecule has 2 amide bonds. The van der Waals surface area contributed by atoms with Crippen molar-refractivity contribution in [2.45, 2.75) is 19.5 Å². The van der Waals surface area contributed by atoms with Crippen molar-refractivity contribution in [2.75, 3.05) is 5.32 Å². The fourth-order valence-corrected chi connectivity index (χ4v) is 2.54. The van der Waals surface area contributed by atoms with E-state index in [1.54, 1.807) is 12.1 Å². The van der Waals surface area contributed by atoms with Crippen LogP contribution in [0.15, 0.2) is 77.4 Å². The molecule has 0 unspecified atom stereocenters. The Bertz CT molecular complexity index is 879. The van der Waals surface area contributed by atoms with Gasteiger partial charge in [-0.2, -0.15) is 0 Å². The molecular formula is C20H17F3N2O3.